The van der Waals surface area contributed by atoms with E-state index < -0.39 is 0 Å². The van der Waals surface area contributed by atoms with Gasteiger partial charge in [0.15, 0.2) is 0 Å². The summed E-state index contributed by atoms with van der Waals surface area (Å²) in [4.78, 5) is 9.06. The highest BCUT2D eigenvalue weighted by Gasteiger charge is 2.35. The number of nitrogens with zero attached hydrogens (tertiary/aromatic N) is 4. The molecule has 0 amide bonds. The molecule has 26 heavy (non-hydrogen) atoms. The van der Waals surface area contributed by atoms with Crippen LogP contribution in [0.15, 0.2) is 59.0 Å². The van der Waals surface area contributed by atoms with Gasteiger partial charge in [-0.3, -0.25) is 9.97 Å². The van der Waals surface area contributed by atoms with Crippen LogP contribution >= 0.6 is 0 Å². The van der Waals surface area contributed by atoms with E-state index in [0.29, 0.717) is 11.8 Å². The highest BCUT2D eigenvalue weighted by Crippen LogP contribution is 2.35. The molecule has 0 radical (unpaired) electrons. The van der Waals surface area contributed by atoms with Crippen molar-refractivity contribution in [2.45, 2.75) is 52.4 Å². The molecule has 4 heteroatoms. The molecule has 2 unspecified atom stereocenters. The van der Waals surface area contributed by atoms with Gasteiger partial charge < -0.3 is 0 Å². The fourth-order valence-electron chi connectivity index (χ4n) is 3.91. The summed E-state index contributed by atoms with van der Waals surface area (Å²) >= 11 is 0. The monoisotopic (exact) mass is 348 g/mol. The standard InChI is InChI=1S/C20H22N4.C2H6/c1-2-4-10-16-15(9-3-1)19(17-11-5-7-13-21-17)23-24-20(16)18-12-6-8-14-22-18;1-2/h5-8,11-16H,1-4,9-10H2;1-2H3. The average Bonchev–Trinajstić information content (AvgIpc) is 2.70. The maximum absolute atomic E-state index is 4.62. The third-order valence-electron chi connectivity index (χ3n) is 5.09. The van der Waals surface area contributed by atoms with Crippen LogP contribution in [0, 0.1) is 11.8 Å². The second-order valence-corrected chi connectivity index (χ2v) is 6.60. The molecule has 1 saturated carbocycles. The SMILES string of the molecule is CC.c1ccc(C2=NN=C(c3ccccn3)C3CCCCCCC23)nc1. The normalized spacial score (nSPS) is 22.5. The van der Waals surface area contributed by atoms with E-state index in [1.807, 2.05) is 50.5 Å². The van der Waals surface area contributed by atoms with Crippen molar-refractivity contribution in [1.29, 1.82) is 0 Å². The Morgan fingerprint density at radius 3 is 1.50 bits per heavy atom. The molecule has 4 nitrogen and oxygen atoms in total. The topological polar surface area (TPSA) is 50.5 Å². The zero-order valence-corrected chi connectivity index (χ0v) is 15.8. The number of pyridine rings is 2. The summed E-state index contributed by atoms with van der Waals surface area (Å²) in [7, 11) is 0. The van der Waals surface area contributed by atoms with Crippen molar-refractivity contribution in [3.05, 3.63) is 60.2 Å². The summed E-state index contributed by atoms with van der Waals surface area (Å²) in [5, 5.41) is 9.23. The highest BCUT2D eigenvalue weighted by molar-refractivity contribution is 6.10. The molecule has 2 aliphatic rings. The first-order valence-corrected chi connectivity index (χ1v) is 9.92. The summed E-state index contributed by atoms with van der Waals surface area (Å²) in [6.07, 6.45) is 11.1. The molecular weight excluding hydrogens is 320 g/mol. The van der Waals surface area contributed by atoms with Gasteiger partial charge in [0.05, 0.1) is 22.8 Å². The van der Waals surface area contributed by atoms with Crippen LogP contribution in [0.25, 0.3) is 0 Å². The lowest BCUT2D eigenvalue weighted by Gasteiger charge is -2.32. The Labute approximate surface area is 156 Å². The smallest absolute Gasteiger partial charge is 0.0924 e. The minimum atomic E-state index is 0.398. The van der Waals surface area contributed by atoms with E-state index in [1.165, 1.54) is 25.7 Å². The van der Waals surface area contributed by atoms with E-state index in [0.717, 1.165) is 35.7 Å². The van der Waals surface area contributed by atoms with Gasteiger partial charge in [0, 0.05) is 24.2 Å². The van der Waals surface area contributed by atoms with Gasteiger partial charge >= 0.3 is 0 Å². The van der Waals surface area contributed by atoms with Gasteiger partial charge in [-0.1, -0.05) is 51.7 Å². The average molecular weight is 348 g/mol. The number of hydrogen-bond acceptors (Lipinski definition) is 4. The van der Waals surface area contributed by atoms with Crippen LogP contribution in [0.2, 0.25) is 0 Å². The summed E-state index contributed by atoms with van der Waals surface area (Å²) < 4.78 is 0. The van der Waals surface area contributed by atoms with Crippen LogP contribution in [0.4, 0.5) is 0 Å². The molecule has 0 aromatic carbocycles. The zero-order valence-electron chi connectivity index (χ0n) is 15.8. The second-order valence-electron chi connectivity index (χ2n) is 6.60. The first-order chi connectivity index (χ1) is 12.9. The second kappa shape index (κ2) is 9.37. The summed E-state index contributed by atoms with van der Waals surface area (Å²) in [6, 6.07) is 12.1. The molecule has 0 saturated heterocycles. The zero-order chi connectivity index (χ0) is 18.2. The molecule has 0 spiro atoms. The number of hydrogen-bond donors (Lipinski definition) is 0. The van der Waals surface area contributed by atoms with E-state index in [1.54, 1.807) is 0 Å². The maximum Gasteiger partial charge on any atom is 0.0924 e. The van der Waals surface area contributed by atoms with Crippen molar-refractivity contribution in [3.8, 4) is 0 Å². The van der Waals surface area contributed by atoms with E-state index in [-0.39, 0.29) is 0 Å². The first kappa shape index (κ1) is 18.4. The van der Waals surface area contributed by atoms with Gasteiger partial charge in [-0.15, -0.1) is 0 Å². The lowest BCUT2D eigenvalue weighted by molar-refractivity contribution is 0.391. The molecule has 2 aromatic heterocycles. The third kappa shape index (κ3) is 4.06. The lowest BCUT2D eigenvalue weighted by atomic mass is 9.74. The van der Waals surface area contributed by atoms with Crippen molar-refractivity contribution in [2.24, 2.45) is 22.0 Å². The molecule has 1 aliphatic heterocycles. The van der Waals surface area contributed by atoms with Gasteiger partial charge in [0.1, 0.15) is 0 Å². The van der Waals surface area contributed by atoms with Crippen LogP contribution in [0.3, 0.4) is 0 Å². The van der Waals surface area contributed by atoms with Gasteiger partial charge in [0.2, 0.25) is 0 Å². The largest absolute Gasteiger partial charge is 0.255 e. The van der Waals surface area contributed by atoms with Gasteiger partial charge in [-0.05, 0) is 37.1 Å². The fourth-order valence-corrected chi connectivity index (χ4v) is 3.91. The van der Waals surface area contributed by atoms with Crippen molar-refractivity contribution < 1.29 is 0 Å². The van der Waals surface area contributed by atoms with E-state index in [2.05, 4.69) is 32.3 Å². The minimum absolute atomic E-state index is 0.398. The Morgan fingerprint density at radius 1 is 0.654 bits per heavy atom. The van der Waals surface area contributed by atoms with Crippen molar-refractivity contribution in [3.63, 3.8) is 0 Å². The number of aromatic nitrogens is 2. The Bertz CT molecular complexity index is 672. The summed E-state index contributed by atoms with van der Waals surface area (Å²) in [5.74, 6) is 0.796. The molecule has 1 aliphatic carbocycles. The Balaban J connectivity index is 0.000000948. The lowest BCUT2D eigenvalue weighted by Crippen LogP contribution is -2.35. The Morgan fingerprint density at radius 2 is 1.12 bits per heavy atom. The van der Waals surface area contributed by atoms with Gasteiger partial charge in [-0.25, -0.2) is 0 Å². The molecule has 3 heterocycles. The van der Waals surface area contributed by atoms with Crippen molar-refractivity contribution in [2.75, 3.05) is 0 Å². The number of rotatable bonds is 2. The van der Waals surface area contributed by atoms with E-state index >= 15 is 0 Å². The van der Waals surface area contributed by atoms with Crippen LogP contribution < -0.4 is 0 Å². The first-order valence-electron chi connectivity index (χ1n) is 9.92. The quantitative estimate of drug-likeness (QED) is 0.740. The molecule has 4 rings (SSSR count). The van der Waals surface area contributed by atoms with Crippen molar-refractivity contribution >= 4 is 11.4 Å². The summed E-state index contributed by atoms with van der Waals surface area (Å²) in [6.45, 7) is 4.00. The number of fused-ring (bicyclic) bond motifs is 1. The predicted octanol–water partition coefficient (Wildman–Crippen LogP) is 5.30. The van der Waals surface area contributed by atoms with Crippen LogP contribution in [-0.2, 0) is 0 Å². The Hall–Kier alpha value is -2.36. The molecule has 0 bridgehead atoms. The van der Waals surface area contributed by atoms with Crippen molar-refractivity contribution in [1.82, 2.24) is 9.97 Å². The molecule has 1 fully saturated rings. The maximum atomic E-state index is 4.62. The van der Waals surface area contributed by atoms with Gasteiger partial charge in [-0.2, -0.15) is 10.2 Å². The van der Waals surface area contributed by atoms with Crippen LogP contribution in [0.1, 0.15) is 63.8 Å². The van der Waals surface area contributed by atoms with E-state index in [4.69, 9.17) is 0 Å². The molecule has 136 valence electrons. The molecule has 2 aromatic rings. The minimum Gasteiger partial charge on any atom is -0.255 e. The summed E-state index contributed by atoms with van der Waals surface area (Å²) in [5.41, 5.74) is 4.05. The molecule has 0 N–H and O–H groups in total. The fraction of sp³-hybridized carbons (Fsp3) is 0.455. The van der Waals surface area contributed by atoms with E-state index in [9.17, 15) is 0 Å². The predicted molar refractivity (Wildman–Crippen MR) is 108 cm³/mol. The molecular formula is C22H28N4. The van der Waals surface area contributed by atoms with Crippen LogP contribution in [-0.4, -0.2) is 21.4 Å². The van der Waals surface area contributed by atoms with Crippen LogP contribution in [0.5, 0.6) is 0 Å². The highest BCUT2D eigenvalue weighted by atomic mass is 15.2. The van der Waals surface area contributed by atoms with Gasteiger partial charge in [0.25, 0.3) is 0 Å². The molecule has 2 atom stereocenters. The third-order valence-corrected chi connectivity index (χ3v) is 5.09. The Kier molecular flexibility index (Phi) is 6.64.